The van der Waals surface area contributed by atoms with Crippen LogP contribution in [0, 0.1) is 11.3 Å². The Balaban J connectivity index is 1.69. The Morgan fingerprint density at radius 1 is 1.23 bits per heavy atom. The van der Waals surface area contributed by atoms with E-state index in [4.69, 9.17) is 0 Å². The van der Waals surface area contributed by atoms with Gasteiger partial charge in [0.15, 0.2) is 0 Å². The second kappa shape index (κ2) is 4.00. The average molecular weight is 181 g/mol. The lowest BCUT2D eigenvalue weighted by molar-refractivity contribution is 0.268. The van der Waals surface area contributed by atoms with Crippen molar-refractivity contribution in [1.82, 2.24) is 5.32 Å². The summed E-state index contributed by atoms with van der Waals surface area (Å²) in [4.78, 5) is 0. The predicted octanol–water partition coefficient (Wildman–Crippen LogP) is 2.96. The first-order chi connectivity index (χ1) is 6.35. The maximum absolute atomic E-state index is 3.68. The van der Waals surface area contributed by atoms with Gasteiger partial charge in [0, 0.05) is 6.54 Å². The fraction of sp³-hybridized carbons (Fsp3) is 1.00. The first-order valence-corrected chi connectivity index (χ1v) is 6.05. The minimum Gasteiger partial charge on any atom is -0.316 e. The van der Waals surface area contributed by atoms with Gasteiger partial charge >= 0.3 is 0 Å². The van der Waals surface area contributed by atoms with Crippen LogP contribution in [0.2, 0.25) is 0 Å². The van der Waals surface area contributed by atoms with Gasteiger partial charge in [0.1, 0.15) is 0 Å². The zero-order valence-corrected chi connectivity index (χ0v) is 8.94. The second-order valence-electron chi connectivity index (χ2n) is 5.13. The van der Waals surface area contributed by atoms with Crippen molar-refractivity contribution in [1.29, 1.82) is 0 Å². The summed E-state index contributed by atoms with van der Waals surface area (Å²) in [7, 11) is 0. The molecule has 0 bridgehead atoms. The van der Waals surface area contributed by atoms with Gasteiger partial charge in [-0.15, -0.1) is 0 Å². The van der Waals surface area contributed by atoms with E-state index in [-0.39, 0.29) is 0 Å². The van der Waals surface area contributed by atoms with Crippen LogP contribution in [0.25, 0.3) is 0 Å². The summed E-state index contributed by atoms with van der Waals surface area (Å²) in [5, 5.41) is 3.68. The first kappa shape index (κ1) is 9.51. The summed E-state index contributed by atoms with van der Waals surface area (Å²) in [5.41, 5.74) is 0.689. The largest absolute Gasteiger partial charge is 0.316 e. The number of nitrogens with one attached hydrogen (secondary N) is 1. The van der Waals surface area contributed by atoms with Gasteiger partial charge < -0.3 is 5.32 Å². The van der Waals surface area contributed by atoms with Crippen molar-refractivity contribution in [3.63, 3.8) is 0 Å². The number of rotatable bonds is 5. The summed E-state index contributed by atoms with van der Waals surface area (Å²) in [6.45, 7) is 4.95. The van der Waals surface area contributed by atoms with Crippen LogP contribution in [0.3, 0.4) is 0 Å². The molecule has 2 aliphatic rings. The minimum absolute atomic E-state index is 0.689. The standard InChI is InChI=1S/C12H23N/c1-2-12(7-3-4-8-12)10-13-9-11-5-6-11/h11,13H,2-10H2,1H3. The monoisotopic (exact) mass is 181 g/mol. The third kappa shape index (κ3) is 2.46. The summed E-state index contributed by atoms with van der Waals surface area (Å²) in [5.74, 6) is 1.04. The first-order valence-electron chi connectivity index (χ1n) is 6.05. The van der Waals surface area contributed by atoms with Crippen LogP contribution in [0.4, 0.5) is 0 Å². The van der Waals surface area contributed by atoms with Gasteiger partial charge in [0.2, 0.25) is 0 Å². The lowest BCUT2D eigenvalue weighted by Crippen LogP contribution is -2.32. The molecule has 0 amide bonds. The molecule has 0 spiro atoms. The molecule has 1 N–H and O–H groups in total. The maximum atomic E-state index is 3.68. The smallest absolute Gasteiger partial charge is 0.000782 e. The van der Waals surface area contributed by atoms with Crippen LogP contribution in [-0.2, 0) is 0 Å². The van der Waals surface area contributed by atoms with Crippen molar-refractivity contribution in [2.45, 2.75) is 51.9 Å². The zero-order chi connectivity index (χ0) is 9.15. The van der Waals surface area contributed by atoms with Crippen LogP contribution < -0.4 is 5.32 Å². The normalized spacial score (nSPS) is 26.5. The van der Waals surface area contributed by atoms with Gasteiger partial charge in [0.05, 0.1) is 0 Å². The number of hydrogen-bond donors (Lipinski definition) is 1. The Morgan fingerprint density at radius 2 is 1.92 bits per heavy atom. The summed E-state index contributed by atoms with van der Waals surface area (Å²) in [6.07, 6.45) is 10.2. The van der Waals surface area contributed by atoms with Crippen LogP contribution in [0.5, 0.6) is 0 Å². The Morgan fingerprint density at radius 3 is 2.46 bits per heavy atom. The molecule has 76 valence electrons. The van der Waals surface area contributed by atoms with Crippen molar-refractivity contribution < 1.29 is 0 Å². The highest BCUT2D eigenvalue weighted by molar-refractivity contribution is 4.86. The van der Waals surface area contributed by atoms with E-state index < -0.39 is 0 Å². The summed E-state index contributed by atoms with van der Waals surface area (Å²) in [6, 6.07) is 0. The zero-order valence-electron chi connectivity index (χ0n) is 8.94. The van der Waals surface area contributed by atoms with Gasteiger partial charge in [0.25, 0.3) is 0 Å². The third-order valence-corrected chi connectivity index (χ3v) is 4.04. The molecule has 2 rings (SSSR count). The van der Waals surface area contributed by atoms with Gasteiger partial charge in [-0.2, -0.15) is 0 Å². The molecule has 2 aliphatic carbocycles. The van der Waals surface area contributed by atoms with Crippen molar-refractivity contribution in [3.05, 3.63) is 0 Å². The molecule has 0 aliphatic heterocycles. The van der Waals surface area contributed by atoms with E-state index in [0.717, 1.165) is 5.92 Å². The van der Waals surface area contributed by atoms with E-state index in [0.29, 0.717) is 5.41 Å². The molecule has 0 saturated heterocycles. The molecular weight excluding hydrogens is 158 g/mol. The fourth-order valence-electron chi connectivity index (χ4n) is 2.64. The van der Waals surface area contributed by atoms with E-state index in [1.165, 1.54) is 58.0 Å². The highest BCUT2D eigenvalue weighted by Gasteiger charge is 2.32. The quantitative estimate of drug-likeness (QED) is 0.687. The fourth-order valence-corrected chi connectivity index (χ4v) is 2.64. The Bertz CT molecular complexity index is 155. The van der Waals surface area contributed by atoms with Crippen molar-refractivity contribution in [2.75, 3.05) is 13.1 Å². The third-order valence-electron chi connectivity index (χ3n) is 4.04. The molecule has 0 aromatic rings. The molecule has 0 aromatic heterocycles. The molecule has 2 fully saturated rings. The van der Waals surface area contributed by atoms with Gasteiger partial charge in [-0.05, 0) is 50.0 Å². The second-order valence-corrected chi connectivity index (χ2v) is 5.13. The van der Waals surface area contributed by atoms with Crippen LogP contribution in [0.1, 0.15) is 51.9 Å². The lowest BCUT2D eigenvalue weighted by atomic mass is 9.83. The van der Waals surface area contributed by atoms with Gasteiger partial charge in [-0.3, -0.25) is 0 Å². The molecule has 0 radical (unpaired) electrons. The lowest BCUT2D eigenvalue weighted by Gasteiger charge is -2.27. The van der Waals surface area contributed by atoms with E-state index >= 15 is 0 Å². The molecule has 0 atom stereocenters. The van der Waals surface area contributed by atoms with Crippen molar-refractivity contribution >= 4 is 0 Å². The van der Waals surface area contributed by atoms with Gasteiger partial charge in [-0.25, -0.2) is 0 Å². The molecule has 0 aromatic carbocycles. The summed E-state index contributed by atoms with van der Waals surface area (Å²) < 4.78 is 0. The average Bonchev–Trinajstić information content (AvgIpc) is 2.84. The van der Waals surface area contributed by atoms with E-state index in [2.05, 4.69) is 12.2 Å². The minimum atomic E-state index is 0.689. The Kier molecular flexibility index (Phi) is 2.92. The molecular formula is C12H23N. The van der Waals surface area contributed by atoms with Crippen LogP contribution >= 0.6 is 0 Å². The highest BCUT2D eigenvalue weighted by atomic mass is 14.9. The van der Waals surface area contributed by atoms with Crippen LogP contribution in [0.15, 0.2) is 0 Å². The Labute approximate surface area is 82.3 Å². The molecule has 13 heavy (non-hydrogen) atoms. The number of hydrogen-bond acceptors (Lipinski definition) is 1. The summed E-state index contributed by atoms with van der Waals surface area (Å²) >= 11 is 0. The highest BCUT2D eigenvalue weighted by Crippen LogP contribution is 2.40. The van der Waals surface area contributed by atoms with Crippen molar-refractivity contribution in [2.24, 2.45) is 11.3 Å². The maximum Gasteiger partial charge on any atom is 0.000782 e. The van der Waals surface area contributed by atoms with Crippen LogP contribution in [-0.4, -0.2) is 13.1 Å². The van der Waals surface area contributed by atoms with Crippen molar-refractivity contribution in [3.8, 4) is 0 Å². The molecule has 1 heteroatoms. The van der Waals surface area contributed by atoms with E-state index in [1.807, 2.05) is 0 Å². The Hall–Kier alpha value is -0.0400. The molecule has 1 nitrogen and oxygen atoms in total. The topological polar surface area (TPSA) is 12.0 Å². The van der Waals surface area contributed by atoms with E-state index in [9.17, 15) is 0 Å². The van der Waals surface area contributed by atoms with Gasteiger partial charge in [-0.1, -0.05) is 19.8 Å². The van der Waals surface area contributed by atoms with E-state index in [1.54, 1.807) is 0 Å². The molecule has 2 saturated carbocycles. The SMILES string of the molecule is CCC1(CNCC2CC2)CCCC1. The predicted molar refractivity (Wildman–Crippen MR) is 56.8 cm³/mol. The molecule has 0 unspecified atom stereocenters. The molecule has 0 heterocycles.